The van der Waals surface area contributed by atoms with E-state index in [4.69, 9.17) is 4.42 Å². The Labute approximate surface area is 74.0 Å². The Balaban J connectivity index is 2.31. The van der Waals surface area contributed by atoms with E-state index in [9.17, 15) is 0 Å². The molecule has 0 aromatic carbocycles. The highest BCUT2D eigenvalue weighted by atomic mass is 16.3. The third-order valence-electron chi connectivity index (χ3n) is 1.85. The van der Waals surface area contributed by atoms with Crippen molar-refractivity contribution >= 4 is 0 Å². The lowest BCUT2D eigenvalue weighted by Crippen LogP contribution is -1.86. The van der Waals surface area contributed by atoms with E-state index in [0.717, 1.165) is 18.0 Å². The van der Waals surface area contributed by atoms with Gasteiger partial charge in [-0.1, -0.05) is 19.8 Å². The van der Waals surface area contributed by atoms with Gasteiger partial charge in [0, 0.05) is 6.42 Å². The van der Waals surface area contributed by atoms with Gasteiger partial charge in [0.2, 0.25) is 0 Å². The van der Waals surface area contributed by atoms with E-state index in [0.29, 0.717) is 6.42 Å². The van der Waals surface area contributed by atoms with Crippen molar-refractivity contribution in [1.29, 1.82) is 0 Å². The normalized spacial score (nSPS) is 10.5. The molecule has 1 aromatic rings. The number of rotatable bonds is 5. The summed E-state index contributed by atoms with van der Waals surface area (Å²) in [6, 6.07) is 0. The Morgan fingerprint density at radius 3 is 2.92 bits per heavy atom. The summed E-state index contributed by atoms with van der Waals surface area (Å²) in [7, 11) is 0. The fourth-order valence-electron chi connectivity index (χ4n) is 1.13. The molecule has 1 aromatic heterocycles. The lowest BCUT2D eigenvalue weighted by Gasteiger charge is -1.92. The average Bonchev–Trinajstić information content (AvgIpc) is 2.53. The number of unbranched alkanes of at least 4 members (excludes halogenated alkanes) is 2. The van der Waals surface area contributed by atoms with E-state index < -0.39 is 0 Å². The summed E-state index contributed by atoms with van der Waals surface area (Å²) >= 11 is 0. The Morgan fingerprint density at radius 1 is 1.50 bits per heavy atom. The predicted octanol–water partition coefficient (Wildman–Crippen LogP) is 2.78. The van der Waals surface area contributed by atoms with Gasteiger partial charge in [-0.05, 0) is 19.8 Å². The lowest BCUT2D eigenvalue weighted by atomic mass is 10.2. The zero-order valence-electron chi connectivity index (χ0n) is 7.68. The highest BCUT2D eigenvalue weighted by Crippen LogP contribution is 2.07. The molecule has 12 heavy (non-hydrogen) atoms. The second-order valence-electron chi connectivity index (χ2n) is 2.94. The predicted molar refractivity (Wildman–Crippen MR) is 48.8 cm³/mol. The third kappa shape index (κ3) is 2.68. The monoisotopic (exact) mass is 166 g/mol. The zero-order chi connectivity index (χ0) is 8.81. The zero-order valence-corrected chi connectivity index (χ0v) is 7.68. The van der Waals surface area contributed by atoms with Gasteiger partial charge in [-0.15, -0.1) is 0 Å². The van der Waals surface area contributed by atoms with Crippen LogP contribution in [0.1, 0.15) is 37.8 Å². The van der Waals surface area contributed by atoms with Crippen molar-refractivity contribution in [3.63, 3.8) is 0 Å². The largest absolute Gasteiger partial charge is 0.449 e. The molecule has 1 rings (SSSR count). The number of aromatic nitrogens is 1. The second-order valence-corrected chi connectivity index (χ2v) is 2.94. The van der Waals surface area contributed by atoms with Crippen LogP contribution in [-0.2, 0) is 12.8 Å². The van der Waals surface area contributed by atoms with Gasteiger partial charge in [0.15, 0.2) is 5.89 Å². The van der Waals surface area contributed by atoms with Crippen LogP contribution in [0.2, 0.25) is 0 Å². The molecule has 0 spiro atoms. The van der Waals surface area contributed by atoms with Gasteiger partial charge >= 0.3 is 0 Å². The van der Waals surface area contributed by atoms with Crippen molar-refractivity contribution in [3.8, 4) is 0 Å². The van der Waals surface area contributed by atoms with Crippen molar-refractivity contribution < 1.29 is 4.42 Å². The molecule has 0 aliphatic rings. The molecule has 0 N–H and O–H groups in total. The molecule has 1 radical (unpaired) electrons. The van der Waals surface area contributed by atoms with Gasteiger partial charge in [-0.3, -0.25) is 0 Å². The molecule has 2 heteroatoms. The van der Waals surface area contributed by atoms with E-state index in [1.54, 1.807) is 6.26 Å². The Hall–Kier alpha value is -0.790. The number of aryl methyl sites for hydroxylation is 1. The first-order valence-electron chi connectivity index (χ1n) is 4.59. The molecule has 0 atom stereocenters. The third-order valence-corrected chi connectivity index (χ3v) is 1.85. The molecule has 67 valence electrons. The molecule has 0 amide bonds. The first-order chi connectivity index (χ1) is 5.86. The molecule has 0 aliphatic heterocycles. The van der Waals surface area contributed by atoms with E-state index in [2.05, 4.69) is 18.8 Å². The number of nitrogens with zero attached hydrogens (tertiary/aromatic N) is 1. The minimum Gasteiger partial charge on any atom is -0.449 e. The fourth-order valence-corrected chi connectivity index (χ4v) is 1.13. The molecule has 2 nitrogen and oxygen atoms in total. The Kier molecular flexibility index (Phi) is 3.85. The van der Waals surface area contributed by atoms with Crippen LogP contribution in [0.3, 0.4) is 0 Å². The summed E-state index contributed by atoms with van der Waals surface area (Å²) in [5, 5.41) is 0. The van der Waals surface area contributed by atoms with E-state index in [1.165, 1.54) is 19.3 Å². The van der Waals surface area contributed by atoms with Gasteiger partial charge in [0.25, 0.3) is 0 Å². The summed E-state index contributed by atoms with van der Waals surface area (Å²) in [4.78, 5) is 4.27. The molecular formula is C10H16NO. The van der Waals surface area contributed by atoms with Gasteiger partial charge < -0.3 is 4.42 Å². The molecule has 0 aliphatic carbocycles. The van der Waals surface area contributed by atoms with Crippen LogP contribution in [0.4, 0.5) is 0 Å². The Bertz CT molecular complexity index is 217. The topological polar surface area (TPSA) is 26.0 Å². The van der Waals surface area contributed by atoms with Gasteiger partial charge in [-0.25, -0.2) is 4.98 Å². The standard InChI is InChI=1S/C10H16NO/c1-3-5-6-7-9-8-12-10(4-2)11-9/h8H,2-7H2,1H3. The highest BCUT2D eigenvalue weighted by Gasteiger charge is 2.00. The van der Waals surface area contributed by atoms with Gasteiger partial charge in [0.1, 0.15) is 6.26 Å². The maximum Gasteiger partial charge on any atom is 0.194 e. The minimum absolute atomic E-state index is 0.647. The summed E-state index contributed by atoms with van der Waals surface area (Å²) in [5.41, 5.74) is 1.07. The second kappa shape index (κ2) is 4.96. The van der Waals surface area contributed by atoms with Crippen LogP contribution in [0, 0.1) is 6.92 Å². The molecule has 0 bridgehead atoms. The van der Waals surface area contributed by atoms with Crippen molar-refractivity contribution in [2.45, 2.75) is 39.0 Å². The van der Waals surface area contributed by atoms with Crippen LogP contribution >= 0.6 is 0 Å². The average molecular weight is 166 g/mol. The van der Waals surface area contributed by atoms with Crippen LogP contribution in [0.25, 0.3) is 0 Å². The fraction of sp³-hybridized carbons (Fsp3) is 0.600. The Morgan fingerprint density at radius 2 is 2.33 bits per heavy atom. The smallest absolute Gasteiger partial charge is 0.194 e. The van der Waals surface area contributed by atoms with Crippen molar-refractivity contribution in [3.05, 3.63) is 24.8 Å². The molecule has 0 saturated heterocycles. The van der Waals surface area contributed by atoms with Crippen LogP contribution in [-0.4, -0.2) is 4.98 Å². The van der Waals surface area contributed by atoms with Gasteiger partial charge in [0.05, 0.1) is 5.69 Å². The molecule has 0 saturated carbocycles. The summed E-state index contributed by atoms with van der Waals surface area (Å²) in [5.74, 6) is 0.751. The van der Waals surface area contributed by atoms with E-state index in [-0.39, 0.29) is 0 Å². The lowest BCUT2D eigenvalue weighted by molar-refractivity contribution is 0.507. The maximum absolute atomic E-state index is 5.17. The van der Waals surface area contributed by atoms with Crippen molar-refractivity contribution in [2.24, 2.45) is 0 Å². The van der Waals surface area contributed by atoms with Crippen molar-refractivity contribution in [1.82, 2.24) is 4.98 Å². The summed E-state index contributed by atoms with van der Waals surface area (Å²) < 4.78 is 5.17. The number of hydrogen-bond donors (Lipinski definition) is 0. The summed E-state index contributed by atoms with van der Waals surface area (Å²) in [6.45, 7) is 5.91. The highest BCUT2D eigenvalue weighted by molar-refractivity contribution is 4.97. The van der Waals surface area contributed by atoms with Gasteiger partial charge in [-0.2, -0.15) is 0 Å². The molecule has 0 fully saturated rings. The number of oxazole rings is 1. The SMILES string of the molecule is [CH2]Cc1nc(CCCCC)co1. The maximum atomic E-state index is 5.17. The van der Waals surface area contributed by atoms with E-state index >= 15 is 0 Å². The quantitative estimate of drug-likeness (QED) is 0.629. The first kappa shape index (κ1) is 9.30. The summed E-state index contributed by atoms with van der Waals surface area (Å²) in [6.07, 6.45) is 7.16. The molecular weight excluding hydrogens is 150 g/mol. The molecule has 1 heterocycles. The van der Waals surface area contributed by atoms with Crippen molar-refractivity contribution in [2.75, 3.05) is 0 Å². The number of hydrogen-bond acceptors (Lipinski definition) is 2. The first-order valence-corrected chi connectivity index (χ1v) is 4.59. The van der Waals surface area contributed by atoms with Crippen LogP contribution < -0.4 is 0 Å². The van der Waals surface area contributed by atoms with Crippen LogP contribution in [0.5, 0.6) is 0 Å². The minimum atomic E-state index is 0.647. The van der Waals surface area contributed by atoms with Crippen LogP contribution in [0.15, 0.2) is 10.7 Å². The van der Waals surface area contributed by atoms with E-state index in [1.807, 2.05) is 0 Å². The molecule has 0 unspecified atom stereocenters.